The Morgan fingerprint density at radius 1 is 1.56 bits per heavy atom. The molecule has 2 aromatic heterocycles. The smallest absolute Gasteiger partial charge is 0.349 e. The topological polar surface area (TPSA) is 57.0 Å². The molecule has 6 heteroatoms. The van der Waals surface area contributed by atoms with Gasteiger partial charge in [0.15, 0.2) is 0 Å². The summed E-state index contributed by atoms with van der Waals surface area (Å²) in [5.41, 5.74) is 1.64. The Labute approximate surface area is 109 Å². The molecule has 0 spiro atoms. The fourth-order valence-electron chi connectivity index (χ4n) is 1.63. The first-order chi connectivity index (χ1) is 8.65. The van der Waals surface area contributed by atoms with Crippen LogP contribution in [0.2, 0.25) is 0 Å². The Bertz CT molecular complexity index is 559. The molecule has 0 bridgehead atoms. The highest BCUT2D eigenvalue weighted by Gasteiger charge is 2.17. The summed E-state index contributed by atoms with van der Waals surface area (Å²) in [6.45, 7) is 4.79. The van der Waals surface area contributed by atoms with E-state index in [2.05, 4.69) is 17.0 Å². The van der Waals surface area contributed by atoms with Crippen LogP contribution in [-0.4, -0.2) is 27.8 Å². The summed E-state index contributed by atoms with van der Waals surface area (Å²) in [5.74, 6) is -0.336. The maximum Gasteiger partial charge on any atom is 0.349 e. The molecule has 0 saturated heterocycles. The molecular formula is C12H15N3O2S. The van der Waals surface area contributed by atoms with Crippen molar-refractivity contribution in [1.29, 1.82) is 0 Å². The van der Waals surface area contributed by atoms with Crippen molar-refractivity contribution >= 4 is 17.3 Å². The Hall–Kier alpha value is -1.69. The van der Waals surface area contributed by atoms with Gasteiger partial charge in [-0.1, -0.05) is 6.92 Å². The molecule has 0 aliphatic rings. The van der Waals surface area contributed by atoms with Crippen molar-refractivity contribution < 1.29 is 9.53 Å². The molecule has 96 valence electrons. The first-order valence-corrected chi connectivity index (χ1v) is 6.56. The molecule has 0 saturated carbocycles. The third-order valence-corrected chi connectivity index (χ3v) is 3.69. The van der Waals surface area contributed by atoms with Crippen LogP contribution >= 0.6 is 11.3 Å². The van der Waals surface area contributed by atoms with E-state index in [1.54, 1.807) is 6.20 Å². The van der Waals surface area contributed by atoms with E-state index >= 15 is 0 Å². The van der Waals surface area contributed by atoms with Crippen LogP contribution in [0.15, 0.2) is 12.4 Å². The number of carbonyl (C=O) groups is 1. The van der Waals surface area contributed by atoms with Crippen LogP contribution in [0.4, 0.5) is 0 Å². The number of carbonyl (C=O) groups excluding carboxylic acids is 1. The van der Waals surface area contributed by atoms with Gasteiger partial charge in [0.1, 0.15) is 9.88 Å². The van der Waals surface area contributed by atoms with Gasteiger partial charge in [0.2, 0.25) is 0 Å². The lowest BCUT2D eigenvalue weighted by molar-refractivity contribution is 0.0605. The zero-order valence-corrected chi connectivity index (χ0v) is 11.5. The van der Waals surface area contributed by atoms with Crippen molar-refractivity contribution in [3.63, 3.8) is 0 Å². The number of hydrogen-bond donors (Lipinski definition) is 0. The zero-order chi connectivity index (χ0) is 13.1. The maximum atomic E-state index is 11.5. The molecule has 0 N–H and O–H groups in total. The largest absolute Gasteiger partial charge is 0.465 e. The van der Waals surface area contributed by atoms with Gasteiger partial charge in [-0.2, -0.15) is 5.10 Å². The average Bonchev–Trinajstić information content (AvgIpc) is 2.95. The monoisotopic (exact) mass is 265 g/mol. The molecule has 0 aliphatic heterocycles. The summed E-state index contributed by atoms with van der Waals surface area (Å²) >= 11 is 1.34. The minimum absolute atomic E-state index is 0.336. The molecular weight excluding hydrogens is 250 g/mol. The summed E-state index contributed by atoms with van der Waals surface area (Å²) < 4.78 is 6.60. The van der Waals surface area contributed by atoms with Gasteiger partial charge in [-0.05, 0) is 13.3 Å². The standard InChI is InChI=1S/C12H15N3O2S/c1-4-5-15-7-9(6-13-15)11-14-8(2)10(18-11)12(16)17-3/h6-7H,4-5H2,1-3H3. The van der Waals surface area contributed by atoms with Gasteiger partial charge >= 0.3 is 5.97 Å². The van der Waals surface area contributed by atoms with Crippen molar-refractivity contribution in [2.24, 2.45) is 0 Å². The molecule has 0 aromatic carbocycles. The van der Waals surface area contributed by atoms with Crippen LogP contribution in [0.5, 0.6) is 0 Å². The molecule has 0 unspecified atom stereocenters. The first-order valence-electron chi connectivity index (χ1n) is 5.74. The number of aromatic nitrogens is 3. The van der Waals surface area contributed by atoms with Crippen LogP contribution in [0.25, 0.3) is 10.6 Å². The summed E-state index contributed by atoms with van der Waals surface area (Å²) in [5, 5.41) is 5.05. The van der Waals surface area contributed by atoms with Gasteiger partial charge in [0.05, 0.1) is 19.0 Å². The van der Waals surface area contributed by atoms with E-state index in [-0.39, 0.29) is 5.97 Å². The lowest BCUT2D eigenvalue weighted by Crippen LogP contribution is -1.99. The summed E-state index contributed by atoms with van der Waals surface area (Å²) in [7, 11) is 1.38. The third-order valence-electron chi connectivity index (χ3n) is 2.50. The predicted octanol–water partition coefficient (Wildman–Crippen LogP) is 2.51. The average molecular weight is 265 g/mol. The molecule has 18 heavy (non-hydrogen) atoms. The summed E-state index contributed by atoms with van der Waals surface area (Å²) in [6.07, 6.45) is 4.75. The van der Waals surface area contributed by atoms with E-state index in [4.69, 9.17) is 4.74 Å². The maximum absolute atomic E-state index is 11.5. The third kappa shape index (κ3) is 2.43. The molecule has 5 nitrogen and oxygen atoms in total. The second-order valence-corrected chi connectivity index (χ2v) is 4.92. The number of ether oxygens (including phenoxy) is 1. The van der Waals surface area contributed by atoms with Crippen LogP contribution in [0, 0.1) is 6.92 Å². The zero-order valence-electron chi connectivity index (χ0n) is 10.6. The minimum Gasteiger partial charge on any atom is -0.465 e. The molecule has 0 fully saturated rings. The van der Waals surface area contributed by atoms with Gasteiger partial charge in [-0.3, -0.25) is 4.68 Å². The van der Waals surface area contributed by atoms with E-state index in [0.29, 0.717) is 10.6 Å². The second-order valence-electron chi connectivity index (χ2n) is 3.92. The van der Waals surface area contributed by atoms with Gasteiger partial charge < -0.3 is 4.74 Å². The fourth-order valence-corrected chi connectivity index (χ4v) is 2.59. The molecule has 0 amide bonds. The molecule has 2 heterocycles. The highest BCUT2D eigenvalue weighted by atomic mass is 32.1. The van der Waals surface area contributed by atoms with Gasteiger partial charge in [-0.15, -0.1) is 11.3 Å². The van der Waals surface area contributed by atoms with Gasteiger partial charge in [-0.25, -0.2) is 9.78 Å². The second kappa shape index (κ2) is 5.30. The molecule has 0 aliphatic carbocycles. The highest BCUT2D eigenvalue weighted by molar-refractivity contribution is 7.17. The van der Waals surface area contributed by atoms with E-state index in [9.17, 15) is 4.79 Å². The van der Waals surface area contributed by atoms with Crippen LogP contribution < -0.4 is 0 Å². The summed E-state index contributed by atoms with van der Waals surface area (Å²) in [4.78, 5) is 16.5. The van der Waals surface area contributed by atoms with Crippen molar-refractivity contribution in [2.75, 3.05) is 7.11 Å². The molecule has 2 aromatic rings. The number of nitrogens with zero attached hydrogens (tertiary/aromatic N) is 3. The van der Waals surface area contributed by atoms with E-state index < -0.39 is 0 Å². The Morgan fingerprint density at radius 2 is 2.33 bits per heavy atom. The normalized spacial score (nSPS) is 10.6. The molecule has 0 radical (unpaired) electrons. The quantitative estimate of drug-likeness (QED) is 0.797. The number of esters is 1. The minimum atomic E-state index is -0.336. The Morgan fingerprint density at radius 3 is 3.00 bits per heavy atom. The van der Waals surface area contributed by atoms with Crippen LogP contribution in [-0.2, 0) is 11.3 Å². The molecule has 2 rings (SSSR count). The first kappa shape index (κ1) is 12.8. The predicted molar refractivity (Wildman–Crippen MR) is 69.7 cm³/mol. The van der Waals surface area contributed by atoms with Crippen molar-refractivity contribution in [3.05, 3.63) is 23.0 Å². The van der Waals surface area contributed by atoms with E-state index in [1.165, 1.54) is 18.4 Å². The number of rotatable bonds is 4. The Kier molecular flexibility index (Phi) is 3.76. The van der Waals surface area contributed by atoms with Gasteiger partial charge in [0, 0.05) is 18.3 Å². The number of thiazole rings is 1. The SMILES string of the molecule is CCCn1cc(-c2nc(C)c(C(=O)OC)s2)cn1. The number of methoxy groups -OCH3 is 1. The fraction of sp³-hybridized carbons (Fsp3) is 0.417. The van der Waals surface area contributed by atoms with Crippen LogP contribution in [0.1, 0.15) is 28.7 Å². The van der Waals surface area contributed by atoms with Crippen LogP contribution in [0.3, 0.4) is 0 Å². The Balaban J connectivity index is 2.30. The molecule has 0 atom stereocenters. The summed E-state index contributed by atoms with van der Waals surface area (Å²) in [6, 6.07) is 0. The number of aryl methyl sites for hydroxylation is 2. The van der Waals surface area contributed by atoms with Crippen molar-refractivity contribution in [2.45, 2.75) is 26.8 Å². The lowest BCUT2D eigenvalue weighted by Gasteiger charge is -1.94. The van der Waals surface area contributed by atoms with Crippen molar-refractivity contribution in [3.8, 4) is 10.6 Å². The van der Waals surface area contributed by atoms with E-state index in [0.717, 1.165) is 23.5 Å². The number of hydrogen-bond acceptors (Lipinski definition) is 5. The highest BCUT2D eigenvalue weighted by Crippen LogP contribution is 2.27. The van der Waals surface area contributed by atoms with E-state index in [1.807, 2.05) is 17.8 Å². The van der Waals surface area contributed by atoms with Crippen molar-refractivity contribution in [1.82, 2.24) is 14.8 Å². The van der Waals surface area contributed by atoms with Gasteiger partial charge in [0.25, 0.3) is 0 Å². The lowest BCUT2D eigenvalue weighted by atomic mass is 10.3.